The maximum Gasteiger partial charge on any atom is 0.167 e. The summed E-state index contributed by atoms with van der Waals surface area (Å²) in [7, 11) is 0. The van der Waals surface area contributed by atoms with E-state index in [1.807, 2.05) is 18.2 Å². The Hall–Kier alpha value is -3.41. The Morgan fingerprint density at radius 2 is 1.37 bits per heavy atom. The molecule has 1 heterocycles. The number of hydrogen-bond donors (Lipinski definition) is 1. The van der Waals surface area contributed by atoms with Crippen LogP contribution in [0.4, 0.5) is 13.2 Å². The Morgan fingerprint density at radius 3 is 1.89 bits per heavy atom. The van der Waals surface area contributed by atoms with Crippen molar-refractivity contribution in [3.8, 4) is 22.3 Å². The molecule has 0 spiro atoms. The van der Waals surface area contributed by atoms with Crippen molar-refractivity contribution in [2.75, 3.05) is 6.61 Å². The zero-order valence-corrected chi connectivity index (χ0v) is 19.3. The number of rotatable bonds is 7. The van der Waals surface area contributed by atoms with E-state index in [9.17, 15) is 18.3 Å². The highest BCUT2D eigenvalue weighted by atomic mass is 19.2. The fraction of sp³-hybridized carbons (Fsp3) is 0.200. The van der Waals surface area contributed by atoms with Gasteiger partial charge in [0.1, 0.15) is 11.9 Å². The summed E-state index contributed by atoms with van der Waals surface area (Å²) in [6, 6.07) is 22.4. The van der Waals surface area contributed by atoms with Crippen LogP contribution in [0.15, 0.2) is 78.9 Å². The van der Waals surface area contributed by atoms with Crippen molar-refractivity contribution in [2.45, 2.75) is 32.0 Å². The van der Waals surface area contributed by atoms with E-state index in [2.05, 4.69) is 0 Å². The second kappa shape index (κ2) is 9.68. The van der Waals surface area contributed by atoms with E-state index in [0.29, 0.717) is 41.7 Å². The van der Waals surface area contributed by atoms with Crippen LogP contribution in [-0.4, -0.2) is 11.7 Å². The molecule has 5 rings (SSSR count). The predicted molar refractivity (Wildman–Crippen MR) is 130 cm³/mol. The lowest BCUT2D eigenvalue weighted by Crippen LogP contribution is -1.97. The Morgan fingerprint density at radius 1 is 0.800 bits per heavy atom. The Labute approximate surface area is 202 Å². The fourth-order valence-corrected chi connectivity index (χ4v) is 4.27. The summed E-state index contributed by atoms with van der Waals surface area (Å²) in [4.78, 5) is 0. The van der Waals surface area contributed by atoms with Crippen molar-refractivity contribution >= 4 is 0 Å². The van der Waals surface area contributed by atoms with Gasteiger partial charge in [-0.25, -0.2) is 13.2 Å². The number of benzene rings is 4. The fourth-order valence-electron chi connectivity index (χ4n) is 4.27. The highest BCUT2D eigenvalue weighted by Gasteiger charge is 2.25. The van der Waals surface area contributed by atoms with E-state index in [0.717, 1.165) is 11.1 Å². The summed E-state index contributed by atoms with van der Waals surface area (Å²) in [6.45, 7) is 2.30. The van der Waals surface area contributed by atoms with Crippen molar-refractivity contribution in [3.05, 3.63) is 119 Å². The average Bonchev–Trinajstić information content (AvgIpc) is 3.71. The first-order valence-corrected chi connectivity index (χ1v) is 11.7. The minimum atomic E-state index is -0.910. The number of epoxide rings is 1. The minimum Gasteiger partial charge on any atom is -0.389 e. The number of aryl methyl sites for hydroxylation is 2. The van der Waals surface area contributed by atoms with Crippen molar-refractivity contribution in [3.63, 3.8) is 0 Å². The predicted octanol–water partition coefficient (Wildman–Crippen LogP) is 7.35. The Kier molecular flexibility index (Phi) is 6.46. The van der Waals surface area contributed by atoms with Gasteiger partial charge in [-0.2, -0.15) is 0 Å². The number of aliphatic hydroxyl groups excluding tert-OH is 1. The first kappa shape index (κ1) is 23.3. The van der Waals surface area contributed by atoms with Gasteiger partial charge in [0.25, 0.3) is 0 Å². The Bertz CT molecular complexity index is 1340. The second-order valence-electron chi connectivity index (χ2n) is 8.96. The van der Waals surface area contributed by atoms with Crippen LogP contribution in [-0.2, 0) is 17.6 Å². The molecule has 4 aromatic carbocycles. The molecule has 178 valence electrons. The zero-order valence-electron chi connectivity index (χ0n) is 19.3. The van der Waals surface area contributed by atoms with Gasteiger partial charge in [-0.15, -0.1) is 0 Å². The lowest BCUT2D eigenvalue weighted by atomic mass is 9.96. The van der Waals surface area contributed by atoms with Crippen molar-refractivity contribution in [1.29, 1.82) is 0 Å². The van der Waals surface area contributed by atoms with Gasteiger partial charge in [0.15, 0.2) is 11.6 Å². The maximum absolute atomic E-state index is 15.0. The molecule has 0 aliphatic carbocycles. The van der Waals surface area contributed by atoms with Crippen molar-refractivity contribution in [1.82, 2.24) is 0 Å². The van der Waals surface area contributed by atoms with Crippen LogP contribution in [0, 0.1) is 17.5 Å². The molecular formula is C30H25F3O2. The molecular weight excluding hydrogens is 449 g/mol. The van der Waals surface area contributed by atoms with Crippen molar-refractivity contribution < 1.29 is 23.0 Å². The van der Waals surface area contributed by atoms with Gasteiger partial charge >= 0.3 is 0 Å². The van der Waals surface area contributed by atoms with Gasteiger partial charge < -0.3 is 9.84 Å². The summed E-state index contributed by atoms with van der Waals surface area (Å²) < 4.78 is 49.5. The lowest BCUT2D eigenvalue weighted by molar-refractivity contribution is 0.199. The molecule has 0 radical (unpaired) electrons. The van der Waals surface area contributed by atoms with Gasteiger partial charge in [0.2, 0.25) is 0 Å². The molecule has 4 aromatic rings. The number of halogens is 3. The second-order valence-corrected chi connectivity index (χ2v) is 8.96. The molecule has 0 amide bonds. The van der Waals surface area contributed by atoms with E-state index in [-0.39, 0.29) is 23.0 Å². The molecule has 1 saturated heterocycles. The quantitative estimate of drug-likeness (QED) is 0.284. The van der Waals surface area contributed by atoms with Crippen LogP contribution in [0.3, 0.4) is 0 Å². The minimum absolute atomic E-state index is 0.0287. The summed E-state index contributed by atoms with van der Waals surface area (Å²) in [5.41, 5.74) is 4.66. The third kappa shape index (κ3) is 5.02. The zero-order chi connectivity index (χ0) is 24.5. The van der Waals surface area contributed by atoms with E-state index < -0.39 is 17.7 Å². The molecule has 5 heteroatoms. The third-order valence-corrected chi connectivity index (χ3v) is 6.52. The summed E-state index contributed by atoms with van der Waals surface area (Å²) in [5.74, 6) is -2.05. The topological polar surface area (TPSA) is 32.8 Å². The summed E-state index contributed by atoms with van der Waals surface area (Å²) in [5, 5.41) is 9.64. The van der Waals surface area contributed by atoms with E-state index in [1.54, 1.807) is 67.6 Å². The van der Waals surface area contributed by atoms with E-state index >= 15 is 0 Å². The van der Waals surface area contributed by atoms with Crippen molar-refractivity contribution in [2.24, 2.45) is 0 Å². The smallest absolute Gasteiger partial charge is 0.167 e. The highest BCUT2D eigenvalue weighted by Crippen LogP contribution is 2.33. The molecule has 1 aliphatic rings. The van der Waals surface area contributed by atoms with Crippen LogP contribution in [0.5, 0.6) is 0 Å². The first-order valence-electron chi connectivity index (χ1n) is 11.7. The van der Waals surface area contributed by atoms with Crippen LogP contribution < -0.4 is 0 Å². The van der Waals surface area contributed by atoms with Gasteiger partial charge in [0, 0.05) is 11.1 Å². The van der Waals surface area contributed by atoms with Gasteiger partial charge in [-0.1, -0.05) is 72.8 Å². The SMILES string of the molecule is CC(O)c1ccc(-c2ccc(-c3ccc(CCc4ccc(C5CO5)cc4F)cc3)c(F)c2F)cc1. The van der Waals surface area contributed by atoms with Crippen LogP contribution >= 0.6 is 0 Å². The normalized spacial score (nSPS) is 15.7. The lowest BCUT2D eigenvalue weighted by Gasteiger charge is -2.11. The maximum atomic E-state index is 15.0. The number of hydrogen-bond acceptors (Lipinski definition) is 2. The molecule has 35 heavy (non-hydrogen) atoms. The largest absolute Gasteiger partial charge is 0.389 e. The number of aliphatic hydroxyl groups is 1. The summed E-state index contributed by atoms with van der Waals surface area (Å²) >= 11 is 0. The number of ether oxygens (including phenoxy) is 1. The van der Waals surface area contributed by atoms with Gasteiger partial charge in [-0.3, -0.25) is 0 Å². The molecule has 2 nitrogen and oxygen atoms in total. The van der Waals surface area contributed by atoms with Gasteiger partial charge in [0.05, 0.1) is 12.7 Å². The van der Waals surface area contributed by atoms with Gasteiger partial charge in [-0.05, 0) is 59.2 Å². The monoisotopic (exact) mass is 474 g/mol. The van der Waals surface area contributed by atoms with Crippen LogP contribution in [0.2, 0.25) is 0 Å². The molecule has 2 unspecified atom stereocenters. The van der Waals surface area contributed by atoms with E-state index in [1.165, 1.54) is 0 Å². The van der Waals surface area contributed by atoms with Crippen LogP contribution in [0.25, 0.3) is 22.3 Å². The highest BCUT2D eigenvalue weighted by molar-refractivity contribution is 5.72. The first-order chi connectivity index (χ1) is 16.9. The molecule has 0 aromatic heterocycles. The van der Waals surface area contributed by atoms with Crippen LogP contribution in [0.1, 0.15) is 41.4 Å². The Balaban J connectivity index is 1.30. The standard InChI is InChI=1S/C30H25F3O2/c1-18(34)20-8-10-22(11-9-20)26-15-14-25(29(32)30(26)33)21-5-2-19(3-6-21)4-7-23-12-13-24(16-27(23)31)28-17-35-28/h2-3,5-6,8-16,18,28,34H,4,7,17H2,1H3. The average molecular weight is 475 g/mol. The molecule has 0 saturated carbocycles. The summed E-state index contributed by atoms with van der Waals surface area (Å²) in [6.07, 6.45) is 0.580. The molecule has 1 fully saturated rings. The molecule has 0 bridgehead atoms. The molecule has 1 aliphatic heterocycles. The van der Waals surface area contributed by atoms with E-state index in [4.69, 9.17) is 4.74 Å². The molecule has 1 N–H and O–H groups in total. The molecule has 2 atom stereocenters. The third-order valence-electron chi connectivity index (χ3n) is 6.52.